The fourth-order valence-corrected chi connectivity index (χ4v) is 4.86. The summed E-state index contributed by atoms with van der Waals surface area (Å²) in [5.74, 6) is -0.692. The summed E-state index contributed by atoms with van der Waals surface area (Å²) in [7, 11) is 3.00. The molecular weight excluding hydrogens is 432 g/mol. The van der Waals surface area contributed by atoms with Crippen molar-refractivity contribution < 1.29 is 19.0 Å². The number of anilines is 1. The summed E-state index contributed by atoms with van der Waals surface area (Å²) < 4.78 is 1.35. The van der Waals surface area contributed by atoms with Crippen LogP contribution in [-0.4, -0.2) is 68.9 Å². The number of carbonyl (C=O) groups is 3. The van der Waals surface area contributed by atoms with E-state index in [2.05, 4.69) is 20.3 Å². The second-order valence-corrected chi connectivity index (χ2v) is 8.90. The molecule has 2 aliphatic heterocycles. The monoisotopic (exact) mass is 447 g/mol. The molecule has 0 saturated heterocycles. The van der Waals surface area contributed by atoms with Crippen molar-refractivity contribution >= 4 is 74.1 Å². The number of aromatic nitrogens is 1. The van der Waals surface area contributed by atoms with Gasteiger partial charge in [-0.15, -0.1) is 22.7 Å². The van der Waals surface area contributed by atoms with Crippen molar-refractivity contribution in [1.29, 1.82) is 0 Å². The molecule has 4 rings (SSSR count). The zero-order chi connectivity index (χ0) is 20.5. The molecule has 12 heteroatoms. The number of hydrogen-bond donors (Lipinski definition) is 1. The van der Waals surface area contributed by atoms with Crippen molar-refractivity contribution in [2.24, 2.45) is 15.9 Å². The van der Waals surface area contributed by atoms with E-state index in [1.807, 2.05) is 17.5 Å². The lowest BCUT2D eigenvalue weighted by Crippen LogP contribution is -2.54. The zero-order valence-electron chi connectivity index (χ0n) is 15.4. The van der Waals surface area contributed by atoms with Gasteiger partial charge in [-0.05, 0) is 11.4 Å². The summed E-state index contributed by atoms with van der Waals surface area (Å²) in [6, 6.07) is 3.28. The number of rotatable bonds is 4. The lowest BCUT2D eigenvalue weighted by Gasteiger charge is -2.26. The number of thioether (sulfide) groups is 1. The number of urea groups is 1. The van der Waals surface area contributed by atoms with Gasteiger partial charge >= 0.3 is 11.9 Å². The number of thiophene rings is 1. The van der Waals surface area contributed by atoms with Crippen LogP contribution in [-0.2, 0) is 9.59 Å². The van der Waals surface area contributed by atoms with Crippen LogP contribution < -0.4 is 5.32 Å². The van der Waals surface area contributed by atoms with E-state index in [1.165, 1.54) is 34.3 Å². The lowest BCUT2D eigenvalue weighted by atomic mass is 10.0. The van der Waals surface area contributed by atoms with Crippen molar-refractivity contribution in [1.82, 2.24) is 9.88 Å². The third kappa shape index (κ3) is 3.78. The molecule has 2 aromatic heterocycles. The van der Waals surface area contributed by atoms with Crippen molar-refractivity contribution in [2.75, 3.05) is 25.2 Å². The van der Waals surface area contributed by atoms with E-state index < -0.39 is 17.9 Å². The number of amides is 4. The van der Waals surface area contributed by atoms with Gasteiger partial charge in [-0.25, -0.2) is 14.8 Å². The summed E-state index contributed by atoms with van der Waals surface area (Å²) >= 11 is 3.93. The quantitative estimate of drug-likeness (QED) is 0.722. The van der Waals surface area contributed by atoms with Gasteiger partial charge in [0.25, 0.3) is 5.84 Å². The van der Waals surface area contributed by atoms with E-state index in [1.54, 1.807) is 18.6 Å². The molecule has 2 aliphatic rings. The van der Waals surface area contributed by atoms with Crippen LogP contribution in [0.2, 0.25) is 0 Å². The standard InChI is InChI=1S/C17H14N6O3S3/c1-22-13-11(15(25)23(2)17(22)26)14(21-12(20-13)9-4-3-6-27-9)29-8-10(24)19-16-18-5-7-28-16/h3-7,11H,8H2,1-2H3/p+1. The minimum absolute atomic E-state index is 0.0502. The fourth-order valence-electron chi connectivity index (χ4n) is 2.78. The third-order valence-corrected chi connectivity index (χ3v) is 6.79. The minimum Gasteiger partial charge on any atom is -0.301 e. The second kappa shape index (κ2) is 7.97. The lowest BCUT2D eigenvalue weighted by molar-refractivity contribution is -0.407. The molecule has 0 radical (unpaired) electrons. The summed E-state index contributed by atoms with van der Waals surface area (Å²) in [4.78, 5) is 52.4. The molecule has 1 unspecified atom stereocenters. The van der Waals surface area contributed by atoms with Crippen molar-refractivity contribution in [3.8, 4) is 0 Å². The highest BCUT2D eigenvalue weighted by molar-refractivity contribution is 8.14. The summed E-state index contributed by atoms with van der Waals surface area (Å²) in [5, 5.41) is 7.31. The average Bonchev–Trinajstić information content (AvgIpc) is 3.42. The van der Waals surface area contributed by atoms with Crippen molar-refractivity contribution in [3.63, 3.8) is 0 Å². The summed E-state index contributed by atoms with van der Waals surface area (Å²) in [6.45, 7) is 0. The number of amidine groups is 2. The zero-order valence-corrected chi connectivity index (χ0v) is 17.8. The smallest absolute Gasteiger partial charge is 0.301 e. The number of aliphatic imine (C=N–C) groups is 2. The molecule has 148 valence electrons. The van der Waals surface area contributed by atoms with Crippen molar-refractivity contribution in [2.45, 2.75) is 0 Å². The van der Waals surface area contributed by atoms with Gasteiger partial charge in [-0.3, -0.25) is 9.59 Å². The number of hydrogen-bond acceptors (Lipinski definition) is 9. The van der Waals surface area contributed by atoms with Gasteiger partial charge in [0.2, 0.25) is 11.7 Å². The topological polar surface area (TPSA) is 107 Å². The molecule has 0 spiro atoms. The summed E-state index contributed by atoms with van der Waals surface area (Å²) in [5.41, 5.74) is 0. The van der Waals surface area contributed by atoms with Crippen LogP contribution in [0, 0.1) is 5.92 Å². The maximum Gasteiger partial charge on any atom is 0.445 e. The van der Waals surface area contributed by atoms with E-state index in [-0.39, 0.29) is 11.7 Å². The van der Waals surface area contributed by atoms with Crippen LogP contribution >= 0.6 is 34.4 Å². The normalized spacial score (nSPS) is 19.1. The first kappa shape index (κ1) is 19.6. The van der Waals surface area contributed by atoms with Gasteiger partial charge in [0.05, 0.1) is 24.7 Å². The molecule has 4 heterocycles. The molecule has 1 atom stereocenters. The van der Waals surface area contributed by atoms with Crippen LogP contribution in [0.15, 0.2) is 39.1 Å². The highest BCUT2D eigenvalue weighted by Gasteiger charge is 2.49. The van der Waals surface area contributed by atoms with E-state index >= 15 is 0 Å². The number of nitrogens with zero attached hydrogens (tertiary/aromatic N) is 5. The van der Waals surface area contributed by atoms with E-state index in [0.717, 1.165) is 21.5 Å². The molecule has 0 bridgehead atoms. The highest BCUT2D eigenvalue weighted by atomic mass is 32.2. The first-order valence-electron chi connectivity index (χ1n) is 8.41. The number of nitrogens with one attached hydrogen (secondary N) is 1. The van der Waals surface area contributed by atoms with Gasteiger partial charge in [0.15, 0.2) is 11.0 Å². The van der Waals surface area contributed by atoms with Crippen LogP contribution in [0.3, 0.4) is 0 Å². The second-order valence-electron chi connectivity index (χ2n) is 6.07. The molecule has 0 aliphatic carbocycles. The predicted octanol–water partition coefficient (Wildman–Crippen LogP) is 1.98. The molecule has 4 amide bonds. The Labute approximate surface area is 177 Å². The van der Waals surface area contributed by atoms with Gasteiger partial charge in [0, 0.05) is 11.6 Å². The minimum atomic E-state index is -0.816. The number of fused-ring (bicyclic) bond motifs is 1. The Balaban J connectivity index is 1.64. The van der Waals surface area contributed by atoms with E-state index in [9.17, 15) is 14.4 Å². The predicted molar refractivity (Wildman–Crippen MR) is 114 cm³/mol. The van der Waals surface area contributed by atoms with Gasteiger partial charge in [0.1, 0.15) is 5.04 Å². The molecule has 29 heavy (non-hydrogen) atoms. The Kier molecular flexibility index (Phi) is 5.39. The van der Waals surface area contributed by atoms with E-state index in [0.29, 0.717) is 21.8 Å². The molecule has 9 nitrogen and oxygen atoms in total. The Morgan fingerprint density at radius 3 is 2.83 bits per heavy atom. The molecule has 2 aromatic rings. The molecule has 0 aromatic carbocycles. The first-order chi connectivity index (χ1) is 14.0. The van der Waals surface area contributed by atoms with Crippen LogP contribution in [0.5, 0.6) is 0 Å². The summed E-state index contributed by atoms with van der Waals surface area (Å²) in [6.07, 6.45) is 1.60. The number of thiazole rings is 1. The largest absolute Gasteiger partial charge is 0.445 e. The molecule has 1 N–H and O–H groups in total. The molecule has 0 saturated carbocycles. The molecular formula is C17H15N6O3S3+. The van der Waals surface area contributed by atoms with Gasteiger partial charge in [-0.1, -0.05) is 22.8 Å². The Hall–Kier alpha value is -2.70. The van der Waals surface area contributed by atoms with Crippen molar-refractivity contribution in [3.05, 3.63) is 34.0 Å². The van der Waals surface area contributed by atoms with Crippen LogP contribution in [0.1, 0.15) is 4.88 Å². The maximum absolute atomic E-state index is 12.8. The Morgan fingerprint density at radius 2 is 2.14 bits per heavy atom. The number of imide groups is 1. The first-order valence-corrected chi connectivity index (χ1v) is 11.2. The van der Waals surface area contributed by atoms with Crippen LogP contribution in [0.4, 0.5) is 9.93 Å². The van der Waals surface area contributed by atoms with Crippen LogP contribution in [0.25, 0.3) is 0 Å². The Bertz CT molecular complexity index is 1070. The average molecular weight is 448 g/mol. The SMILES string of the molecule is CN1C(=O)C2C(SCC(=O)Nc3nccs3)=NC(c3cccs3)=NC2=[N+](C)C1=O. The Morgan fingerprint density at radius 1 is 1.31 bits per heavy atom. The van der Waals surface area contributed by atoms with Gasteiger partial charge in [-0.2, -0.15) is 9.48 Å². The maximum atomic E-state index is 12.8. The highest BCUT2D eigenvalue weighted by Crippen LogP contribution is 2.27. The number of carbonyl (C=O) groups excluding carboxylic acids is 3. The molecule has 0 fully saturated rings. The third-order valence-electron chi connectivity index (χ3n) is 4.21. The fraction of sp³-hybridized carbons (Fsp3) is 0.235. The van der Waals surface area contributed by atoms with E-state index in [4.69, 9.17) is 0 Å². The van der Waals surface area contributed by atoms with Gasteiger partial charge < -0.3 is 5.32 Å².